The molecule has 0 saturated carbocycles. The Morgan fingerprint density at radius 3 is 2.71 bits per heavy atom. The van der Waals surface area contributed by atoms with Crippen LogP contribution < -0.4 is 0 Å². The lowest BCUT2D eigenvalue weighted by molar-refractivity contribution is 0.0204. The number of rotatable bonds is 2. The highest BCUT2D eigenvalue weighted by atomic mass is 32.1. The van der Waals surface area contributed by atoms with Crippen LogP contribution in [0.1, 0.15) is 50.8 Å². The van der Waals surface area contributed by atoms with E-state index in [0.29, 0.717) is 19.0 Å². The lowest BCUT2D eigenvalue weighted by atomic mass is 9.94. The van der Waals surface area contributed by atoms with Gasteiger partial charge in [0.1, 0.15) is 5.60 Å². The average molecular weight is 438 g/mol. The van der Waals surface area contributed by atoms with Gasteiger partial charge >= 0.3 is 6.09 Å². The van der Waals surface area contributed by atoms with Crippen molar-refractivity contribution < 1.29 is 9.53 Å². The number of hydrogen-bond acceptors (Lipinski definition) is 5. The van der Waals surface area contributed by atoms with Crippen molar-refractivity contribution in [3.63, 3.8) is 0 Å². The largest absolute Gasteiger partial charge is 0.444 e. The molecule has 0 aliphatic carbocycles. The molecule has 31 heavy (non-hydrogen) atoms. The van der Waals surface area contributed by atoms with Gasteiger partial charge in [-0.1, -0.05) is 11.3 Å². The highest BCUT2D eigenvalue weighted by Crippen LogP contribution is 2.34. The number of benzene rings is 1. The van der Waals surface area contributed by atoms with E-state index in [1.165, 1.54) is 16.0 Å². The Morgan fingerprint density at radius 2 is 2.00 bits per heavy atom. The van der Waals surface area contributed by atoms with Gasteiger partial charge in [-0.2, -0.15) is 5.10 Å². The van der Waals surface area contributed by atoms with Crippen LogP contribution in [-0.4, -0.2) is 49.3 Å². The van der Waals surface area contributed by atoms with Gasteiger partial charge in [0.25, 0.3) is 0 Å². The van der Waals surface area contributed by atoms with Crippen LogP contribution in [0.5, 0.6) is 0 Å². The number of piperidine rings is 1. The zero-order valence-corrected chi connectivity index (χ0v) is 19.1. The second-order valence-corrected chi connectivity index (χ2v) is 10.3. The van der Waals surface area contributed by atoms with Gasteiger partial charge in [0.2, 0.25) is 0 Å². The van der Waals surface area contributed by atoms with E-state index in [1.54, 1.807) is 11.3 Å². The number of ether oxygens (including phenoxy) is 1. The summed E-state index contributed by atoms with van der Waals surface area (Å²) in [4.78, 5) is 21.2. The molecule has 1 aliphatic rings. The molecule has 0 atom stereocenters. The maximum absolute atomic E-state index is 12.3. The normalized spacial score (nSPS) is 15.8. The molecule has 1 aromatic carbocycles. The maximum Gasteiger partial charge on any atom is 0.410 e. The van der Waals surface area contributed by atoms with E-state index in [0.717, 1.165) is 34.4 Å². The van der Waals surface area contributed by atoms with Gasteiger partial charge in [0.15, 0.2) is 4.96 Å². The molecule has 162 valence electrons. The Kier molecular flexibility index (Phi) is 4.77. The number of aryl methyl sites for hydroxylation is 1. The van der Waals surface area contributed by atoms with E-state index in [-0.39, 0.29) is 6.09 Å². The molecule has 7 nitrogen and oxygen atoms in total. The predicted octanol–water partition coefficient (Wildman–Crippen LogP) is 5.36. The van der Waals surface area contributed by atoms with Gasteiger partial charge in [-0.25, -0.2) is 9.78 Å². The number of nitrogens with zero attached hydrogens (tertiary/aromatic N) is 4. The molecule has 1 fully saturated rings. The fourth-order valence-corrected chi connectivity index (χ4v) is 5.17. The Hall–Kier alpha value is -2.87. The van der Waals surface area contributed by atoms with E-state index < -0.39 is 5.60 Å². The fourth-order valence-electron chi connectivity index (χ4n) is 4.21. The number of imidazole rings is 1. The highest BCUT2D eigenvalue weighted by Gasteiger charge is 2.28. The van der Waals surface area contributed by atoms with Gasteiger partial charge in [0, 0.05) is 36.8 Å². The van der Waals surface area contributed by atoms with Crippen LogP contribution >= 0.6 is 11.3 Å². The summed E-state index contributed by atoms with van der Waals surface area (Å²) in [6.07, 6.45) is 7.78. The third-order valence-electron chi connectivity index (χ3n) is 5.77. The van der Waals surface area contributed by atoms with Crippen molar-refractivity contribution in [2.75, 3.05) is 13.1 Å². The summed E-state index contributed by atoms with van der Waals surface area (Å²) < 4.78 is 7.63. The molecule has 3 aromatic heterocycles. The summed E-state index contributed by atoms with van der Waals surface area (Å²) in [6, 6.07) is 4.36. The number of aromatic nitrogens is 4. The Morgan fingerprint density at radius 1 is 1.23 bits per heavy atom. The second kappa shape index (κ2) is 7.37. The van der Waals surface area contributed by atoms with Crippen molar-refractivity contribution in [2.45, 2.75) is 52.1 Å². The summed E-state index contributed by atoms with van der Waals surface area (Å²) in [5.74, 6) is 0.374. The Labute approximate surface area is 185 Å². The SMILES string of the molecule is Cc1cc(-c2cn3cc(C4CCN(C(=O)OC(C)(C)C)CC4)nc3s2)cc2cn[nH]c12. The number of fused-ring (bicyclic) bond motifs is 2. The molecule has 0 bridgehead atoms. The zero-order chi connectivity index (χ0) is 21.8. The third-order valence-corrected chi connectivity index (χ3v) is 6.82. The average Bonchev–Trinajstić information content (AvgIpc) is 3.41. The lowest BCUT2D eigenvalue weighted by Gasteiger charge is -2.32. The van der Waals surface area contributed by atoms with Crippen molar-refractivity contribution >= 4 is 33.3 Å². The molecule has 8 heteroatoms. The fraction of sp³-hybridized carbons (Fsp3) is 0.435. The van der Waals surface area contributed by atoms with Gasteiger partial charge in [-0.05, 0) is 63.8 Å². The first-order valence-electron chi connectivity index (χ1n) is 10.7. The van der Waals surface area contributed by atoms with Crippen LogP contribution in [0.4, 0.5) is 4.79 Å². The molecule has 0 radical (unpaired) electrons. The molecule has 1 saturated heterocycles. The summed E-state index contributed by atoms with van der Waals surface area (Å²) in [7, 11) is 0. The number of likely N-dealkylation sites (tertiary alicyclic amines) is 1. The Bertz CT molecular complexity index is 1220. The van der Waals surface area contributed by atoms with E-state index in [2.05, 4.69) is 46.0 Å². The minimum atomic E-state index is -0.458. The van der Waals surface area contributed by atoms with Gasteiger partial charge in [-0.15, -0.1) is 0 Å². The van der Waals surface area contributed by atoms with Gasteiger partial charge in [-0.3, -0.25) is 9.50 Å². The van der Waals surface area contributed by atoms with Gasteiger partial charge in [0.05, 0.1) is 22.3 Å². The second-order valence-electron chi connectivity index (χ2n) is 9.32. The number of hydrogen-bond donors (Lipinski definition) is 1. The minimum Gasteiger partial charge on any atom is -0.444 e. The standard InChI is InChI=1S/C23H27N5O2S/c1-14-9-16(10-17-11-24-26-20(14)17)19-13-28-12-18(25-21(28)31-19)15-5-7-27(8-6-15)22(29)30-23(2,3)4/h9-13,15H,5-8H2,1-4H3,(H,24,26). The number of carbonyl (C=O) groups is 1. The molecule has 0 unspecified atom stereocenters. The maximum atomic E-state index is 12.3. The summed E-state index contributed by atoms with van der Waals surface area (Å²) in [5.41, 5.74) is 4.12. The van der Waals surface area contributed by atoms with Crippen LogP contribution in [-0.2, 0) is 4.74 Å². The first-order valence-corrected chi connectivity index (χ1v) is 11.5. The zero-order valence-electron chi connectivity index (χ0n) is 18.3. The number of thiazole rings is 1. The van der Waals surface area contributed by atoms with E-state index in [4.69, 9.17) is 9.72 Å². The van der Waals surface area contributed by atoms with Crippen LogP contribution in [0, 0.1) is 6.92 Å². The van der Waals surface area contributed by atoms with E-state index >= 15 is 0 Å². The van der Waals surface area contributed by atoms with Crippen LogP contribution in [0.3, 0.4) is 0 Å². The number of nitrogens with one attached hydrogen (secondary N) is 1. The molecular weight excluding hydrogens is 410 g/mol. The molecule has 5 rings (SSSR count). The minimum absolute atomic E-state index is 0.216. The quantitative estimate of drug-likeness (QED) is 0.458. The van der Waals surface area contributed by atoms with Crippen LogP contribution in [0.2, 0.25) is 0 Å². The molecule has 1 amide bonds. The molecule has 1 aliphatic heterocycles. The Balaban J connectivity index is 1.30. The smallest absolute Gasteiger partial charge is 0.410 e. The van der Waals surface area contributed by atoms with Crippen molar-refractivity contribution in [1.82, 2.24) is 24.5 Å². The monoisotopic (exact) mass is 437 g/mol. The van der Waals surface area contributed by atoms with Gasteiger partial charge < -0.3 is 9.64 Å². The molecule has 1 N–H and O–H groups in total. The molecule has 0 spiro atoms. The van der Waals surface area contributed by atoms with Crippen molar-refractivity contribution in [3.8, 4) is 10.4 Å². The van der Waals surface area contributed by atoms with E-state index in [9.17, 15) is 4.79 Å². The third kappa shape index (κ3) is 3.92. The van der Waals surface area contributed by atoms with E-state index in [1.807, 2.05) is 31.9 Å². The number of amides is 1. The predicted molar refractivity (Wildman–Crippen MR) is 123 cm³/mol. The topological polar surface area (TPSA) is 75.5 Å². The number of carbonyl (C=O) groups excluding carboxylic acids is 1. The van der Waals surface area contributed by atoms with Crippen LogP contribution in [0.25, 0.3) is 26.3 Å². The highest BCUT2D eigenvalue weighted by molar-refractivity contribution is 7.20. The number of aromatic amines is 1. The summed E-state index contributed by atoms with van der Waals surface area (Å²) >= 11 is 1.70. The van der Waals surface area contributed by atoms with Crippen molar-refractivity contribution in [1.29, 1.82) is 0 Å². The first kappa shape index (κ1) is 20.1. The molecular formula is C23H27N5O2S. The first-order chi connectivity index (χ1) is 14.8. The van der Waals surface area contributed by atoms with Crippen molar-refractivity contribution in [3.05, 3.63) is 42.0 Å². The van der Waals surface area contributed by atoms with Crippen molar-refractivity contribution in [2.24, 2.45) is 0 Å². The number of H-pyrrole nitrogens is 1. The summed E-state index contributed by atoms with van der Waals surface area (Å²) in [5, 5.41) is 8.33. The molecule has 4 aromatic rings. The van der Waals surface area contributed by atoms with Crippen LogP contribution in [0.15, 0.2) is 30.7 Å². The summed E-state index contributed by atoms with van der Waals surface area (Å²) in [6.45, 7) is 9.22. The molecule has 4 heterocycles. The lowest BCUT2D eigenvalue weighted by Crippen LogP contribution is -2.41.